The standard InChI is InChI=1S/C11H20N2O5/c1-17-5-2-3-12-11(16)13-4-6-18-8-9(13)7-10(14)15/h9H,2-8H2,1H3,(H,12,16)(H,14,15). The first-order chi connectivity index (χ1) is 8.65. The van der Waals surface area contributed by atoms with Crippen LogP contribution in [0.3, 0.4) is 0 Å². The number of urea groups is 1. The molecule has 0 aromatic heterocycles. The Bertz CT molecular complexity index is 285. The van der Waals surface area contributed by atoms with E-state index in [1.54, 1.807) is 7.11 Å². The number of amides is 2. The molecule has 1 heterocycles. The molecule has 1 fully saturated rings. The molecule has 18 heavy (non-hydrogen) atoms. The highest BCUT2D eigenvalue weighted by Gasteiger charge is 2.28. The molecule has 0 spiro atoms. The maximum Gasteiger partial charge on any atom is 0.317 e. The fraction of sp³-hybridized carbons (Fsp3) is 0.818. The number of carbonyl (C=O) groups is 2. The topological polar surface area (TPSA) is 88.1 Å². The molecular formula is C11H20N2O5. The number of ether oxygens (including phenoxy) is 2. The highest BCUT2D eigenvalue weighted by atomic mass is 16.5. The Hall–Kier alpha value is -1.34. The molecule has 1 aliphatic heterocycles. The summed E-state index contributed by atoms with van der Waals surface area (Å²) in [5.74, 6) is -0.928. The fourth-order valence-corrected chi connectivity index (χ4v) is 1.81. The molecule has 0 radical (unpaired) electrons. The average Bonchev–Trinajstić information content (AvgIpc) is 2.34. The smallest absolute Gasteiger partial charge is 0.317 e. The molecule has 7 nitrogen and oxygen atoms in total. The fourth-order valence-electron chi connectivity index (χ4n) is 1.81. The van der Waals surface area contributed by atoms with Gasteiger partial charge in [0.1, 0.15) is 0 Å². The maximum atomic E-state index is 11.9. The first kappa shape index (κ1) is 14.7. The number of carboxylic acids is 1. The normalized spacial score (nSPS) is 19.6. The largest absolute Gasteiger partial charge is 0.481 e. The molecule has 7 heteroatoms. The minimum absolute atomic E-state index is 0.0918. The van der Waals surface area contributed by atoms with E-state index in [1.807, 2.05) is 0 Å². The van der Waals surface area contributed by atoms with Crippen molar-refractivity contribution in [1.82, 2.24) is 10.2 Å². The maximum absolute atomic E-state index is 11.9. The third-order valence-corrected chi connectivity index (χ3v) is 2.70. The van der Waals surface area contributed by atoms with Crippen molar-refractivity contribution in [3.63, 3.8) is 0 Å². The lowest BCUT2D eigenvalue weighted by atomic mass is 10.1. The molecular weight excluding hydrogens is 240 g/mol. The van der Waals surface area contributed by atoms with Crippen molar-refractivity contribution in [3.8, 4) is 0 Å². The van der Waals surface area contributed by atoms with Crippen LogP contribution < -0.4 is 5.32 Å². The highest BCUT2D eigenvalue weighted by molar-refractivity contribution is 5.76. The molecule has 2 amide bonds. The Kier molecular flexibility index (Phi) is 6.45. The Balaban J connectivity index is 2.39. The van der Waals surface area contributed by atoms with Crippen LogP contribution in [0.1, 0.15) is 12.8 Å². The first-order valence-electron chi connectivity index (χ1n) is 5.98. The lowest BCUT2D eigenvalue weighted by Gasteiger charge is -2.34. The van der Waals surface area contributed by atoms with E-state index in [-0.39, 0.29) is 19.1 Å². The van der Waals surface area contributed by atoms with Gasteiger partial charge in [0.2, 0.25) is 0 Å². The molecule has 0 aromatic carbocycles. The van der Waals surface area contributed by atoms with Crippen molar-refractivity contribution in [3.05, 3.63) is 0 Å². The Labute approximate surface area is 106 Å². The zero-order valence-corrected chi connectivity index (χ0v) is 10.6. The van der Waals surface area contributed by atoms with Gasteiger partial charge in [-0.25, -0.2) is 4.79 Å². The van der Waals surface area contributed by atoms with E-state index in [0.717, 1.165) is 6.42 Å². The zero-order valence-electron chi connectivity index (χ0n) is 10.6. The third-order valence-electron chi connectivity index (χ3n) is 2.70. The molecule has 2 N–H and O–H groups in total. The summed E-state index contributed by atoms with van der Waals surface area (Å²) in [5.41, 5.74) is 0. The Morgan fingerprint density at radius 2 is 2.33 bits per heavy atom. The van der Waals surface area contributed by atoms with Gasteiger partial charge in [-0.15, -0.1) is 0 Å². The summed E-state index contributed by atoms with van der Waals surface area (Å²) in [4.78, 5) is 24.1. The van der Waals surface area contributed by atoms with Crippen LogP contribution in [0.25, 0.3) is 0 Å². The lowest BCUT2D eigenvalue weighted by Crippen LogP contribution is -2.53. The number of hydrogen-bond donors (Lipinski definition) is 2. The summed E-state index contributed by atoms with van der Waals surface area (Å²) in [7, 11) is 1.60. The van der Waals surface area contributed by atoms with Gasteiger partial charge in [0.25, 0.3) is 0 Å². The highest BCUT2D eigenvalue weighted by Crippen LogP contribution is 2.10. The quantitative estimate of drug-likeness (QED) is 0.651. The van der Waals surface area contributed by atoms with Crippen LogP contribution in [0, 0.1) is 0 Å². The summed E-state index contributed by atoms with van der Waals surface area (Å²) in [6.45, 7) is 2.25. The molecule has 0 bridgehead atoms. The molecule has 1 unspecified atom stereocenters. The summed E-state index contributed by atoms with van der Waals surface area (Å²) < 4.78 is 10.1. The zero-order chi connectivity index (χ0) is 13.4. The van der Waals surface area contributed by atoms with Gasteiger partial charge in [0.15, 0.2) is 0 Å². The van der Waals surface area contributed by atoms with Crippen LogP contribution >= 0.6 is 0 Å². The van der Waals surface area contributed by atoms with Crippen LogP contribution in [0.2, 0.25) is 0 Å². The van der Waals surface area contributed by atoms with Gasteiger partial charge in [-0.05, 0) is 6.42 Å². The van der Waals surface area contributed by atoms with E-state index < -0.39 is 12.0 Å². The molecule has 0 aliphatic carbocycles. The number of carboxylic acid groups (broad SMARTS) is 1. The van der Waals surface area contributed by atoms with Crippen LogP contribution in [0.4, 0.5) is 4.79 Å². The Morgan fingerprint density at radius 1 is 1.56 bits per heavy atom. The first-order valence-corrected chi connectivity index (χ1v) is 5.98. The van der Waals surface area contributed by atoms with Crippen molar-refractivity contribution in [2.45, 2.75) is 18.9 Å². The number of rotatable bonds is 6. The van der Waals surface area contributed by atoms with Crippen LogP contribution in [0.5, 0.6) is 0 Å². The van der Waals surface area contributed by atoms with Gasteiger partial charge in [0.05, 0.1) is 25.7 Å². The molecule has 1 aliphatic rings. The van der Waals surface area contributed by atoms with Gasteiger partial charge >= 0.3 is 12.0 Å². The van der Waals surface area contributed by atoms with Gasteiger partial charge in [-0.1, -0.05) is 0 Å². The van der Waals surface area contributed by atoms with Crippen LogP contribution in [-0.2, 0) is 14.3 Å². The second-order valence-corrected chi connectivity index (χ2v) is 4.10. The van der Waals surface area contributed by atoms with Crippen molar-refractivity contribution in [2.75, 3.05) is 40.0 Å². The molecule has 1 saturated heterocycles. The van der Waals surface area contributed by atoms with Gasteiger partial charge < -0.3 is 24.8 Å². The van der Waals surface area contributed by atoms with Gasteiger partial charge in [0, 0.05) is 26.8 Å². The predicted octanol–water partition coefficient (Wildman–Crippen LogP) is -0.0920. The van der Waals surface area contributed by atoms with Gasteiger partial charge in [-0.3, -0.25) is 4.79 Å². The summed E-state index contributed by atoms with van der Waals surface area (Å²) in [6.07, 6.45) is 0.641. The number of nitrogens with one attached hydrogen (secondary N) is 1. The summed E-state index contributed by atoms with van der Waals surface area (Å²) >= 11 is 0. The second-order valence-electron chi connectivity index (χ2n) is 4.10. The van der Waals surface area contributed by atoms with Gasteiger partial charge in [-0.2, -0.15) is 0 Å². The molecule has 0 saturated carbocycles. The number of hydrogen-bond acceptors (Lipinski definition) is 4. The van der Waals surface area contributed by atoms with E-state index in [2.05, 4.69) is 5.32 Å². The number of methoxy groups -OCH3 is 1. The van der Waals surface area contributed by atoms with Crippen LogP contribution in [0.15, 0.2) is 0 Å². The molecule has 1 rings (SSSR count). The predicted molar refractivity (Wildman–Crippen MR) is 63.5 cm³/mol. The van der Waals surface area contributed by atoms with E-state index in [4.69, 9.17) is 14.6 Å². The SMILES string of the molecule is COCCCNC(=O)N1CCOCC1CC(=O)O. The van der Waals surface area contributed by atoms with E-state index in [0.29, 0.717) is 26.3 Å². The number of carbonyl (C=O) groups excluding carboxylic acids is 1. The Morgan fingerprint density at radius 3 is 3.00 bits per heavy atom. The minimum atomic E-state index is -0.928. The van der Waals surface area contributed by atoms with Crippen molar-refractivity contribution < 1.29 is 24.2 Å². The summed E-state index contributed by atoms with van der Waals surface area (Å²) in [6, 6.07) is -0.626. The van der Waals surface area contributed by atoms with E-state index in [1.165, 1.54) is 4.90 Å². The third kappa shape index (κ3) is 4.89. The molecule has 0 aromatic rings. The average molecular weight is 260 g/mol. The number of morpholine rings is 1. The number of nitrogens with zero attached hydrogens (tertiary/aromatic N) is 1. The second kappa shape index (κ2) is 7.88. The molecule has 104 valence electrons. The van der Waals surface area contributed by atoms with Crippen molar-refractivity contribution in [1.29, 1.82) is 0 Å². The molecule has 1 atom stereocenters. The monoisotopic (exact) mass is 260 g/mol. The van der Waals surface area contributed by atoms with Crippen molar-refractivity contribution >= 4 is 12.0 Å². The van der Waals surface area contributed by atoms with Crippen molar-refractivity contribution in [2.24, 2.45) is 0 Å². The van der Waals surface area contributed by atoms with E-state index in [9.17, 15) is 9.59 Å². The summed E-state index contributed by atoms with van der Waals surface area (Å²) in [5, 5.41) is 11.5. The minimum Gasteiger partial charge on any atom is -0.481 e. The number of aliphatic carboxylic acids is 1. The lowest BCUT2D eigenvalue weighted by molar-refractivity contribution is -0.139. The van der Waals surface area contributed by atoms with E-state index >= 15 is 0 Å². The van der Waals surface area contributed by atoms with Crippen LogP contribution in [-0.4, -0.2) is 68.1 Å².